The molecule has 1 N–H and O–H groups in total. The quantitative estimate of drug-likeness (QED) is 0.732. The summed E-state index contributed by atoms with van der Waals surface area (Å²) in [5.41, 5.74) is 0. The highest BCUT2D eigenvalue weighted by atomic mass is 16.5. The van der Waals surface area contributed by atoms with Gasteiger partial charge in [0.15, 0.2) is 0 Å². The van der Waals surface area contributed by atoms with Gasteiger partial charge in [0.1, 0.15) is 0 Å². The van der Waals surface area contributed by atoms with Gasteiger partial charge >= 0.3 is 0 Å². The average Bonchev–Trinajstić information content (AvgIpc) is 2.65. The minimum absolute atomic E-state index is 0.438. The first-order chi connectivity index (χ1) is 7.20. The maximum Gasteiger partial charge on any atom is 0.0590 e. The van der Waals surface area contributed by atoms with Gasteiger partial charge in [-0.2, -0.15) is 0 Å². The molecule has 4 atom stereocenters. The van der Waals surface area contributed by atoms with Crippen LogP contribution in [0.3, 0.4) is 0 Å². The second-order valence-electron chi connectivity index (χ2n) is 4.89. The molecule has 0 spiro atoms. The maximum absolute atomic E-state index is 5.68. The third-order valence-electron chi connectivity index (χ3n) is 3.78. The second-order valence-corrected chi connectivity index (χ2v) is 4.89. The molecule has 1 aliphatic rings. The molecule has 15 heavy (non-hydrogen) atoms. The van der Waals surface area contributed by atoms with Crippen molar-refractivity contribution in [3.05, 3.63) is 0 Å². The Morgan fingerprint density at radius 3 is 2.60 bits per heavy atom. The van der Waals surface area contributed by atoms with E-state index in [0.717, 1.165) is 19.1 Å². The molecule has 1 saturated heterocycles. The summed E-state index contributed by atoms with van der Waals surface area (Å²) in [5.74, 6) is 1.47. The van der Waals surface area contributed by atoms with Crippen molar-refractivity contribution in [2.45, 2.75) is 59.1 Å². The number of nitrogens with one attached hydrogen (secondary N) is 1. The highest BCUT2D eigenvalue weighted by Crippen LogP contribution is 2.28. The Balaban J connectivity index is 2.53. The van der Waals surface area contributed by atoms with Gasteiger partial charge in [0, 0.05) is 18.6 Å². The fraction of sp³-hybridized carbons (Fsp3) is 1.00. The van der Waals surface area contributed by atoms with Crippen LogP contribution in [-0.2, 0) is 4.74 Å². The highest BCUT2D eigenvalue weighted by Gasteiger charge is 2.33. The minimum Gasteiger partial charge on any atom is -0.378 e. The van der Waals surface area contributed by atoms with Crippen molar-refractivity contribution in [1.29, 1.82) is 0 Å². The van der Waals surface area contributed by atoms with Crippen molar-refractivity contribution >= 4 is 0 Å². The van der Waals surface area contributed by atoms with Gasteiger partial charge in [0.2, 0.25) is 0 Å². The summed E-state index contributed by atoms with van der Waals surface area (Å²) in [6.07, 6.45) is 4.14. The van der Waals surface area contributed by atoms with Crippen molar-refractivity contribution in [3.63, 3.8) is 0 Å². The molecular weight excluding hydrogens is 186 g/mol. The summed E-state index contributed by atoms with van der Waals surface area (Å²) in [6.45, 7) is 11.2. The van der Waals surface area contributed by atoms with Crippen molar-refractivity contribution < 1.29 is 4.74 Å². The van der Waals surface area contributed by atoms with Gasteiger partial charge in [-0.3, -0.25) is 0 Å². The Morgan fingerprint density at radius 1 is 1.40 bits per heavy atom. The Bertz CT molecular complexity index is 172. The van der Waals surface area contributed by atoms with Crippen LogP contribution in [0, 0.1) is 11.8 Å². The van der Waals surface area contributed by atoms with Crippen LogP contribution in [0.5, 0.6) is 0 Å². The number of hydrogen-bond acceptors (Lipinski definition) is 2. The summed E-state index contributed by atoms with van der Waals surface area (Å²) < 4.78 is 5.68. The van der Waals surface area contributed by atoms with E-state index in [4.69, 9.17) is 4.74 Å². The van der Waals surface area contributed by atoms with Gasteiger partial charge in [-0.05, 0) is 32.2 Å². The summed E-state index contributed by atoms with van der Waals surface area (Å²) in [7, 11) is 0. The van der Waals surface area contributed by atoms with Gasteiger partial charge in [-0.25, -0.2) is 0 Å². The van der Waals surface area contributed by atoms with E-state index in [2.05, 4.69) is 33.0 Å². The zero-order chi connectivity index (χ0) is 11.3. The average molecular weight is 213 g/mol. The molecule has 0 aromatic carbocycles. The standard InChI is InChI=1S/C13H27NO/c1-5-8-14-13(10(3)6-2)12-7-9-15-11(12)4/h10-14H,5-9H2,1-4H3. The largest absolute Gasteiger partial charge is 0.378 e. The maximum atomic E-state index is 5.68. The lowest BCUT2D eigenvalue weighted by atomic mass is 9.84. The van der Waals surface area contributed by atoms with Crippen LogP contribution in [0.15, 0.2) is 0 Å². The fourth-order valence-corrected chi connectivity index (χ4v) is 2.56. The molecule has 0 aromatic heterocycles. The molecule has 2 heteroatoms. The molecule has 0 aliphatic carbocycles. The Morgan fingerprint density at radius 2 is 2.13 bits per heavy atom. The van der Waals surface area contributed by atoms with E-state index in [1.165, 1.54) is 19.3 Å². The lowest BCUT2D eigenvalue weighted by Gasteiger charge is -2.31. The topological polar surface area (TPSA) is 21.3 Å². The molecule has 1 rings (SSSR count). The Kier molecular flexibility index (Phi) is 5.62. The van der Waals surface area contributed by atoms with Crippen LogP contribution in [0.4, 0.5) is 0 Å². The fourth-order valence-electron chi connectivity index (χ4n) is 2.56. The number of hydrogen-bond donors (Lipinski definition) is 1. The van der Waals surface area contributed by atoms with Crippen LogP contribution in [0.25, 0.3) is 0 Å². The van der Waals surface area contributed by atoms with Gasteiger partial charge in [0.25, 0.3) is 0 Å². The van der Waals surface area contributed by atoms with Crippen molar-refractivity contribution in [2.75, 3.05) is 13.2 Å². The first kappa shape index (κ1) is 13.0. The molecule has 0 saturated carbocycles. The van der Waals surface area contributed by atoms with E-state index in [1.807, 2.05) is 0 Å². The molecule has 90 valence electrons. The zero-order valence-corrected chi connectivity index (χ0v) is 10.8. The van der Waals surface area contributed by atoms with E-state index in [0.29, 0.717) is 18.1 Å². The molecule has 0 aromatic rings. The first-order valence-electron chi connectivity index (χ1n) is 6.55. The molecule has 4 unspecified atom stereocenters. The second kappa shape index (κ2) is 6.49. The molecule has 1 aliphatic heterocycles. The third kappa shape index (κ3) is 3.46. The lowest BCUT2D eigenvalue weighted by molar-refractivity contribution is 0.0873. The molecule has 1 fully saturated rings. The molecule has 0 radical (unpaired) electrons. The number of rotatable bonds is 6. The Labute approximate surface area is 94.8 Å². The lowest BCUT2D eigenvalue weighted by Crippen LogP contribution is -2.44. The Hall–Kier alpha value is -0.0800. The van der Waals surface area contributed by atoms with Crippen molar-refractivity contribution in [2.24, 2.45) is 11.8 Å². The van der Waals surface area contributed by atoms with E-state index < -0.39 is 0 Å². The predicted octanol–water partition coefficient (Wildman–Crippen LogP) is 2.83. The summed E-state index contributed by atoms with van der Waals surface area (Å²) in [6, 6.07) is 0.646. The van der Waals surface area contributed by atoms with Gasteiger partial charge in [0.05, 0.1) is 6.10 Å². The predicted molar refractivity (Wildman–Crippen MR) is 65.1 cm³/mol. The monoisotopic (exact) mass is 213 g/mol. The first-order valence-corrected chi connectivity index (χ1v) is 6.55. The SMILES string of the molecule is CCCNC(C(C)CC)C1CCOC1C. The smallest absolute Gasteiger partial charge is 0.0590 e. The van der Waals surface area contributed by atoms with Crippen LogP contribution in [-0.4, -0.2) is 25.3 Å². The molecule has 0 bridgehead atoms. The van der Waals surface area contributed by atoms with Crippen LogP contribution in [0.1, 0.15) is 47.0 Å². The number of ether oxygens (including phenoxy) is 1. The van der Waals surface area contributed by atoms with Crippen molar-refractivity contribution in [3.8, 4) is 0 Å². The van der Waals surface area contributed by atoms with Gasteiger partial charge in [-0.15, -0.1) is 0 Å². The summed E-state index contributed by atoms with van der Waals surface area (Å²) in [5, 5.41) is 3.71. The normalized spacial score (nSPS) is 30.4. The van der Waals surface area contributed by atoms with Crippen LogP contribution < -0.4 is 5.32 Å². The highest BCUT2D eigenvalue weighted by molar-refractivity contribution is 4.87. The minimum atomic E-state index is 0.438. The zero-order valence-electron chi connectivity index (χ0n) is 10.8. The van der Waals surface area contributed by atoms with E-state index in [9.17, 15) is 0 Å². The molecule has 2 nitrogen and oxygen atoms in total. The van der Waals surface area contributed by atoms with E-state index >= 15 is 0 Å². The molecule has 0 amide bonds. The van der Waals surface area contributed by atoms with Gasteiger partial charge < -0.3 is 10.1 Å². The van der Waals surface area contributed by atoms with Crippen LogP contribution in [0.2, 0.25) is 0 Å². The van der Waals surface area contributed by atoms with Crippen molar-refractivity contribution in [1.82, 2.24) is 5.32 Å². The third-order valence-corrected chi connectivity index (χ3v) is 3.78. The van der Waals surface area contributed by atoms with Gasteiger partial charge in [-0.1, -0.05) is 27.2 Å². The summed E-state index contributed by atoms with van der Waals surface area (Å²) in [4.78, 5) is 0. The van der Waals surface area contributed by atoms with E-state index in [1.54, 1.807) is 0 Å². The van der Waals surface area contributed by atoms with Crippen LogP contribution >= 0.6 is 0 Å². The summed E-state index contributed by atoms with van der Waals surface area (Å²) >= 11 is 0. The molecular formula is C13H27NO. The molecule has 1 heterocycles. The van der Waals surface area contributed by atoms with E-state index in [-0.39, 0.29) is 0 Å².